The third kappa shape index (κ3) is 3.05. The molecule has 0 bridgehead atoms. The minimum Gasteiger partial charge on any atom is -0.279 e. The molecule has 4 nitrogen and oxygen atoms in total. The van der Waals surface area contributed by atoms with Crippen LogP contribution in [0.4, 0.5) is 14.5 Å². The first-order valence-electron chi connectivity index (χ1n) is 5.29. The van der Waals surface area contributed by atoms with Crippen molar-refractivity contribution in [2.24, 2.45) is 0 Å². The van der Waals surface area contributed by atoms with Crippen molar-refractivity contribution in [1.82, 2.24) is 4.98 Å². The second kappa shape index (κ2) is 4.93. The van der Waals surface area contributed by atoms with Gasteiger partial charge >= 0.3 is 0 Å². The molecule has 0 fully saturated rings. The normalized spacial score (nSPS) is 11.3. The number of benzene rings is 1. The summed E-state index contributed by atoms with van der Waals surface area (Å²) in [5.41, 5.74) is 0.830. The summed E-state index contributed by atoms with van der Waals surface area (Å²) >= 11 is 0. The molecule has 0 radical (unpaired) electrons. The third-order valence-corrected chi connectivity index (χ3v) is 3.73. The molecule has 1 N–H and O–H groups in total. The van der Waals surface area contributed by atoms with Gasteiger partial charge in [-0.3, -0.25) is 9.71 Å². The van der Waals surface area contributed by atoms with E-state index in [0.29, 0.717) is 11.8 Å². The van der Waals surface area contributed by atoms with Gasteiger partial charge in [-0.05, 0) is 37.3 Å². The van der Waals surface area contributed by atoms with Crippen molar-refractivity contribution in [2.45, 2.75) is 11.8 Å². The molecule has 2 aromatic rings. The van der Waals surface area contributed by atoms with Gasteiger partial charge in [-0.2, -0.15) is 0 Å². The molecule has 0 atom stereocenters. The predicted octanol–water partition coefficient (Wildman–Crippen LogP) is 2.47. The summed E-state index contributed by atoms with van der Waals surface area (Å²) < 4.78 is 52.5. The molecule has 1 heterocycles. The first-order valence-corrected chi connectivity index (χ1v) is 6.77. The highest BCUT2D eigenvalue weighted by Gasteiger charge is 2.20. The molecular formula is C12H10F2N2O2S. The number of nitrogens with zero attached hydrogens (tertiary/aromatic N) is 1. The van der Waals surface area contributed by atoms with Crippen molar-refractivity contribution in [3.05, 3.63) is 53.9 Å². The Kier molecular flexibility index (Phi) is 3.48. The largest absolute Gasteiger partial charge is 0.279 e. The van der Waals surface area contributed by atoms with Crippen molar-refractivity contribution in [3.63, 3.8) is 0 Å². The Morgan fingerprint density at radius 2 is 1.89 bits per heavy atom. The van der Waals surface area contributed by atoms with Crippen LogP contribution in [0.15, 0.2) is 41.4 Å². The highest BCUT2D eigenvalue weighted by Crippen LogP contribution is 2.19. The number of halogens is 2. The number of aromatic nitrogens is 1. The lowest BCUT2D eigenvalue weighted by Gasteiger charge is -2.09. The molecule has 7 heteroatoms. The zero-order valence-electron chi connectivity index (χ0n) is 9.89. The first-order chi connectivity index (χ1) is 8.88. The molecule has 1 aromatic carbocycles. The lowest BCUT2D eigenvalue weighted by atomic mass is 10.3. The highest BCUT2D eigenvalue weighted by atomic mass is 32.2. The molecule has 2 rings (SSSR count). The van der Waals surface area contributed by atoms with Gasteiger partial charge in [-0.15, -0.1) is 0 Å². The van der Waals surface area contributed by atoms with Crippen LogP contribution >= 0.6 is 0 Å². The summed E-state index contributed by atoms with van der Waals surface area (Å²) in [6, 6.07) is 5.15. The van der Waals surface area contributed by atoms with Gasteiger partial charge < -0.3 is 0 Å². The van der Waals surface area contributed by atoms with Crippen molar-refractivity contribution < 1.29 is 17.2 Å². The monoisotopic (exact) mass is 284 g/mol. The van der Waals surface area contributed by atoms with E-state index in [1.54, 1.807) is 6.92 Å². The maximum absolute atomic E-state index is 13.4. The summed E-state index contributed by atoms with van der Waals surface area (Å²) in [4.78, 5) is 3.17. The van der Waals surface area contributed by atoms with Gasteiger partial charge in [0.25, 0.3) is 10.0 Å². The van der Waals surface area contributed by atoms with Gasteiger partial charge in [-0.1, -0.05) is 0 Å². The number of sulfonamides is 1. The minimum atomic E-state index is -4.18. The molecule has 0 aliphatic carbocycles. The van der Waals surface area contributed by atoms with E-state index < -0.39 is 26.6 Å². The van der Waals surface area contributed by atoms with Gasteiger partial charge in [0.2, 0.25) is 0 Å². The second-order valence-corrected chi connectivity index (χ2v) is 5.52. The number of hydrogen-bond acceptors (Lipinski definition) is 3. The average Bonchev–Trinajstić information content (AvgIpc) is 2.31. The summed E-state index contributed by atoms with van der Waals surface area (Å²) in [7, 11) is -4.18. The maximum Gasteiger partial charge on any atom is 0.264 e. The lowest BCUT2D eigenvalue weighted by Crippen LogP contribution is -2.15. The van der Waals surface area contributed by atoms with Crippen molar-refractivity contribution in [3.8, 4) is 0 Å². The highest BCUT2D eigenvalue weighted by molar-refractivity contribution is 7.92. The zero-order valence-corrected chi connectivity index (χ0v) is 10.7. The number of hydrogen-bond donors (Lipinski definition) is 1. The molecule has 19 heavy (non-hydrogen) atoms. The quantitative estimate of drug-likeness (QED) is 0.942. The molecule has 0 saturated heterocycles. The fourth-order valence-corrected chi connectivity index (χ4v) is 2.64. The molecule has 0 saturated carbocycles. The van der Waals surface area contributed by atoms with Crippen molar-refractivity contribution in [1.29, 1.82) is 0 Å². The Balaban J connectivity index is 2.40. The Bertz CT molecular complexity index is 717. The Morgan fingerprint density at radius 3 is 2.58 bits per heavy atom. The molecule has 1 aromatic heterocycles. The molecule has 0 amide bonds. The summed E-state index contributed by atoms with van der Waals surface area (Å²) in [5.74, 6) is -1.84. The Morgan fingerprint density at radius 1 is 1.16 bits per heavy atom. The predicted molar refractivity (Wildman–Crippen MR) is 66.1 cm³/mol. The van der Waals surface area contributed by atoms with E-state index in [1.807, 2.05) is 0 Å². The van der Waals surface area contributed by atoms with Crippen LogP contribution < -0.4 is 4.72 Å². The van der Waals surface area contributed by atoms with Crippen LogP contribution in [0.25, 0.3) is 0 Å². The fourth-order valence-electron chi connectivity index (χ4n) is 1.50. The molecular weight excluding hydrogens is 274 g/mol. The molecule has 0 aliphatic heterocycles. The van der Waals surface area contributed by atoms with Crippen LogP contribution in [-0.4, -0.2) is 13.4 Å². The van der Waals surface area contributed by atoms with Gasteiger partial charge in [0.15, 0.2) is 0 Å². The number of anilines is 1. The summed E-state index contributed by atoms with van der Waals surface area (Å²) in [6.07, 6.45) is 1.41. The summed E-state index contributed by atoms with van der Waals surface area (Å²) in [5, 5.41) is 0. The van der Waals surface area contributed by atoms with Crippen LogP contribution in [0.2, 0.25) is 0 Å². The van der Waals surface area contributed by atoms with E-state index in [4.69, 9.17) is 0 Å². The van der Waals surface area contributed by atoms with Crippen LogP contribution in [0.3, 0.4) is 0 Å². The van der Waals surface area contributed by atoms with Gasteiger partial charge in [0, 0.05) is 11.9 Å². The average molecular weight is 284 g/mol. The van der Waals surface area contributed by atoms with E-state index in [-0.39, 0.29) is 5.69 Å². The maximum atomic E-state index is 13.4. The Labute approximate surface area is 109 Å². The number of pyridine rings is 1. The lowest BCUT2D eigenvalue weighted by molar-refractivity contribution is 0.555. The Hall–Kier alpha value is -2.02. The van der Waals surface area contributed by atoms with Crippen molar-refractivity contribution >= 4 is 15.7 Å². The number of nitrogens with one attached hydrogen (secondary N) is 1. The standard InChI is InChI=1S/C12H10F2N2O2S/c1-8-6-10(4-5-15-8)16-19(17,18)12-7-9(13)2-3-11(12)14/h2-7H,1H3,(H,15,16). The third-order valence-electron chi connectivity index (χ3n) is 2.33. The zero-order chi connectivity index (χ0) is 14.0. The van der Waals surface area contributed by atoms with E-state index in [1.165, 1.54) is 18.3 Å². The van der Waals surface area contributed by atoms with Crippen LogP contribution in [0, 0.1) is 18.6 Å². The van der Waals surface area contributed by atoms with E-state index in [9.17, 15) is 17.2 Å². The van der Waals surface area contributed by atoms with Crippen LogP contribution in [0.1, 0.15) is 5.69 Å². The summed E-state index contributed by atoms with van der Waals surface area (Å²) in [6.45, 7) is 1.68. The van der Waals surface area contributed by atoms with Gasteiger partial charge in [0.05, 0.1) is 5.69 Å². The van der Waals surface area contributed by atoms with E-state index >= 15 is 0 Å². The van der Waals surface area contributed by atoms with E-state index in [2.05, 4.69) is 9.71 Å². The molecule has 0 aliphatic rings. The topological polar surface area (TPSA) is 59.1 Å². The number of aryl methyl sites for hydroxylation is 1. The first kappa shape index (κ1) is 13.4. The minimum absolute atomic E-state index is 0.233. The second-order valence-electron chi connectivity index (χ2n) is 3.87. The van der Waals surface area contributed by atoms with Crippen LogP contribution in [-0.2, 0) is 10.0 Å². The SMILES string of the molecule is Cc1cc(NS(=O)(=O)c2cc(F)ccc2F)ccn1. The number of rotatable bonds is 3. The van der Waals surface area contributed by atoms with E-state index in [0.717, 1.165) is 12.1 Å². The fraction of sp³-hybridized carbons (Fsp3) is 0.0833. The molecule has 100 valence electrons. The van der Waals surface area contributed by atoms with Gasteiger partial charge in [-0.25, -0.2) is 17.2 Å². The van der Waals surface area contributed by atoms with Gasteiger partial charge in [0.1, 0.15) is 16.5 Å². The van der Waals surface area contributed by atoms with Crippen molar-refractivity contribution in [2.75, 3.05) is 4.72 Å². The smallest absolute Gasteiger partial charge is 0.264 e. The molecule has 0 spiro atoms. The van der Waals surface area contributed by atoms with Crippen LogP contribution in [0.5, 0.6) is 0 Å². The molecule has 0 unspecified atom stereocenters.